The molecule has 3 aromatic rings. The van der Waals surface area contributed by atoms with E-state index in [1.807, 2.05) is 42.5 Å². The number of rotatable bonds is 10. The number of hydrogen-bond donors (Lipinski definition) is 2. The summed E-state index contributed by atoms with van der Waals surface area (Å²) in [6, 6.07) is 13.3. The van der Waals surface area contributed by atoms with E-state index in [1.165, 1.54) is 6.33 Å². The van der Waals surface area contributed by atoms with Crippen molar-refractivity contribution in [2.24, 2.45) is 0 Å². The number of amides is 1. The van der Waals surface area contributed by atoms with E-state index in [-0.39, 0.29) is 11.9 Å². The van der Waals surface area contributed by atoms with E-state index in [4.69, 9.17) is 14.2 Å². The summed E-state index contributed by atoms with van der Waals surface area (Å²) < 4.78 is 16.2. The van der Waals surface area contributed by atoms with Gasteiger partial charge >= 0.3 is 0 Å². The number of aromatic amines is 1. The van der Waals surface area contributed by atoms with Crippen molar-refractivity contribution >= 4 is 5.91 Å². The molecule has 0 saturated carbocycles. The molecule has 1 heterocycles. The molecule has 0 bridgehead atoms. The van der Waals surface area contributed by atoms with Crippen LogP contribution in [0.1, 0.15) is 29.4 Å². The first-order valence-corrected chi connectivity index (χ1v) is 9.62. The zero-order chi connectivity index (χ0) is 21.3. The molecule has 8 nitrogen and oxygen atoms in total. The number of aryl methyl sites for hydroxylation is 1. The number of H-pyrrole nitrogens is 1. The Morgan fingerprint density at radius 2 is 1.80 bits per heavy atom. The number of benzene rings is 2. The lowest BCUT2D eigenvalue weighted by Crippen LogP contribution is -2.30. The quantitative estimate of drug-likeness (QED) is 0.533. The smallest absolute Gasteiger partial charge is 0.220 e. The number of carbonyl (C=O) groups is 1. The number of nitrogens with zero attached hydrogens (tertiary/aromatic N) is 2. The molecule has 2 aromatic carbocycles. The first-order chi connectivity index (χ1) is 14.7. The number of aromatic nitrogens is 3. The summed E-state index contributed by atoms with van der Waals surface area (Å²) in [5, 5.41) is 9.85. The first-order valence-electron chi connectivity index (χ1n) is 9.62. The topological polar surface area (TPSA) is 98.4 Å². The molecule has 0 unspecified atom stereocenters. The van der Waals surface area contributed by atoms with Gasteiger partial charge in [0.2, 0.25) is 11.7 Å². The van der Waals surface area contributed by atoms with Crippen molar-refractivity contribution in [1.29, 1.82) is 0 Å². The van der Waals surface area contributed by atoms with Crippen LogP contribution in [0.2, 0.25) is 0 Å². The number of methoxy groups -OCH3 is 3. The molecular weight excluding hydrogens is 384 g/mol. The first kappa shape index (κ1) is 21.2. The number of ether oxygens (including phenoxy) is 3. The maximum atomic E-state index is 12.8. The highest BCUT2D eigenvalue weighted by Gasteiger charge is 2.19. The monoisotopic (exact) mass is 410 g/mol. The highest BCUT2D eigenvalue weighted by atomic mass is 16.5. The summed E-state index contributed by atoms with van der Waals surface area (Å²) in [5.74, 6) is 2.32. The van der Waals surface area contributed by atoms with Crippen LogP contribution >= 0.6 is 0 Å². The summed E-state index contributed by atoms with van der Waals surface area (Å²) >= 11 is 0. The lowest BCUT2D eigenvalue weighted by atomic mass is 10.0. The average Bonchev–Trinajstić information content (AvgIpc) is 3.30. The molecule has 30 heavy (non-hydrogen) atoms. The highest BCUT2D eigenvalue weighted by Crippen LogP contribution is 2.40. The molecule has 0 radical (unpaired) electrons. The normalized spacial score (nSPS) is 11.6. The van der Waals surface area contributed by atoms with Gasteiger partial charge in [-0.2, -0.15) is 5.10 Å². The summed E-state index contributed by atoms with van der Waals surface area (Å²) in [6.07, 6.45) is 2.78. The zero-order valence-electron chi connectivity index (χ0n) is 17.3. The maximum absolute atomic E-state index is 12.8. The minimum atomic E-state index is -0.209. The lowest BCUT2D eigenvalue weighted by Gasteiger charge is -2.19. The standard InChI is InChI=1S/C22H26N4O4/c1-28-18-11-9-16(21(29-2)22(18)30-3)10-12-20(27)25-17(13-19-23-14-24-26-19)15-7-5-4-6-8-15/h4-9,11,14,17H,10,12-13H2,1-3H3,(H,25,27)(H,23,24,26)/t17-/m1/s1. The predicted molar refractivity (Wildman–Crippen MR) is 112 cm³/mol. The second-order valence-electron chi connectivity index (χ2n) is 6.66. The maximum Gasteiger partial charge on any atom is 0.220 e. The van der Waals surface area contributed by atoms with Gasteiger partial charge in [-0.3, -0.25) is 9.89 Å². The van der Waals surface area contributed by atoms with Gasteiger partial charge in [-0.25, -0.2) is 4.98 Å². The molecule has 0 aliphatic rings. The summed E-state index contributed by atoms with van der Waals surface area (Å²) in [6.45, 7) is 0. The van der Waals surface area contributed by atoms with Crippen LogP contribution in [0.15, 0.2) is 48.8 Å². The van der Waals surface area contributed by atoms with Gasteiger partial charge in [0.15, 0.2) is 11.5 Å². The summed E-state index contributed by atoms with van der Waals surface area (Å²) in [7, 11) is 4.71. The highest BCUT2D eigenvalue weighted by molar-refractivity contribution is 5.77. The van der Waals surface area contributed by atoms with E-state index >= 15 is 0 Å². The fourth-order valence-electron chi connectivity index (χ4n) is 3.33. The van der Waals surface area contributed by atoms with Gasteiger partial charge in [-0.05, 0) is 23.6 Å². The van der Waals surface area contributed by atoms with Gasteiger partial charge in [0.25, 0.3) is 0 Å². The minimum Gasteiger partial charge on any atom is -0.493 e. The molecule has 3 rings (SSSR count). The molecule has 8 heteroatoms. The molecule has 1 atom stereocenters. The van der Waals surface area contributed by atoms with E-state index in [1.54, 1.807) is 21.3 Å². The molecule has 2 N–H and O–H groups in total. The minimum absolute atomic E-state index is 0.0693. The van der Waals surface area contributed by atoms with Crippen molar-refractivity contribution in [3.63, 3.8) is 0 Å². The third-order valence-electron chi connectivity index (χ3n) is 4.81. The lowest BCUT2D eigenvalue weighted by molar-refractivity contribution is -0.121. The fraction of sp³-hybridized carbons (Fsp3) is 0.318. The van der Waals surface area contributed by atoms with E-state index in [9.17, 15) is 4.79 Å². The molecule has 0 aliphatic heterocycles. The molecular formula is C22H26N4O4. The second-order valence-corrected chi connectivity index (χ2v) is 6.66. The van der Waals surface area contributed by atoms with Crippen LogP contribution in [-0.2, 0) is 17.6 Å². The molecule has 158 valence electrons. The van der Waals surface area contributed by atoms with Crippen molar-refractivity contribution in [3.8, 4) is 17.2 Å². The Kier molecular flexibility index (Phi) is 7.26. The van der Waals surface area contributed by atoms with Crippen molar-refractivity contribution in [2.75, 3.05) is 21.3 Å². The van der Waals surface area contributed by atoms with Gasteiger partial charge in [0, 0.05) is 12.8 Å². The third-order valence-corrected chi connectivity index (χ3v) is 4.81. The van der Waals surface area contributed by atoms with Crippen molar-refractivity contribution in [2.45, 2.75) is 25.3 Å². The fourth-order valence-corrected chi connectivity index (χ4v) is 3.33. The van der Waals surface area contributed by atoms with E-state index < -0.39 is 0 Å². The molecule has 1 amide bonds. The number of nitrogens with one attached hydrogen (secondary N) is 2. The Hall–Kier alpha value is -3.55. The predicted octanol–water partition coefficient (Wildman–Crippen LogP) is 2.86. The Balaban J connectivity index is 1.70. The summed E-state index contributed by atoms with van der Waals surface area (Å²) in [5.41, 5.74) is 1.88. The number of carbonyl (C=O) groups excluding carboxylic acids is 1. The molecule has 0 saturated heterocycles. The van der Waals surface area contributed by atoms with Gasteiger partial charge in [-0.15, -0.1) is 0 Å². The summed E-state index contributed by atoms with van der Waals surface area (Å²) in [4.78, 5) is 16.9. The molecule has 0 spiro atoms. The van der Waals surface area contributed by atoms with E-state index in [0.29, 0.717) is 42.3 Å². The van der Waals surface area contributed by atoms with Crippen LogP contribution in [0, 0.1) is 0 Å². The van der Waals surface area contributed by atoms with Gasteiger partial charge in [-0.1, -0.05) is 36.4 Å². The van der Waals surface area contributed by atoms with Crippen molar-refractivity contribution < 1.29 is 19.0 Å². The van der Waals surface area contributed by atoms with E-state index in [2.05, 4.69) is 20.5 Å². The van der Waals surface area contributed by atoms with Crippen molar-refractivity contribution in [1.82, 2.24) is 20.5 Å². The van der Waals surface area contributed by atoms with Gasteiger partial charge < -0.3 is 19.5 Å². The molecule has 0 aliphatic carbocycles. The Morgan fingerprint density at radius 1 is 1.03 bits per heavy atom. The Labute approximate surface area is 175 Å². The van der Waals surface area contributed by atoms with Crippen LogP contribution < -0.4 is 19.5 Å². The van der Waals surface area contributed by atoms with Crippen LogP contribution in [0.4, 0.5) is 0 Å². The van der Waals surface area contributed by atoms with Crippen LogP contribution in [0.5, 0.6) is 17.2 Å². The van der Waals surface area contributed by atoms with Crippen molar-refractivity contribution in [3.05, 3.63) is 65.7 Å². The SMILES string of the molecule is COc1ccc(CCC(=O)N[C@H](Cc2ncn[nH]2)c2ccccc2)c(OC)c1OC. The van der Waals surface area contributed by atoms with Crippen LogP contribution in [0.3, 0.4) is 0 Å². The largest absolute Gasteiger partial charge is 0.493 e. The Morgan fingerprint density at radius 3 is 2.43 bits per heavy atom. The zero-order valence-corrected chi connectivity index (χ0v) is 17.3. The molecule has 1 aromatic heterocycles. The van der Waals surface area contributed by atoms with Crippen LogP contribution in [0.25, 0.3) is 0 Å². The third kappa shape index (κ3) is 5.08. The van der Waals surface area contributed by atoms with Crippen LogP contribution in [-0.4, -0.2) is 42.4 Å². The van der Waals surface area contributed by atoms with Gasteiger partial charge in [0.05, 0.1) is 27.4 Å². The number of hydrogen-bond acceptors (Lipinski definition) is 6. The molecule has 0 fully saturated rings. The Bertz CT molecular complexity index is 945. The van der Waals surface area contributed by atoms with E-state index in [0.717, 1.165) is 11.1 Å². The van der Waals surface area contributed by atoms with Gasteiger partial charge in [0.1, 0.15) is 12.2 Å². The average molecular weight is 410 g/mol. The second kappa shape index (κ2) is 10.3.